The largest absolute Gasteiger partial charge is 0.480 e. The van der Waals surface area contributed by atoms with E-state index < -0.39 is 32.0 Å². The van der Waals surface area contributed by atoms with Gasteiger partial charge in [-0.05, 0) is 23.7 Å². The van der Waals surface area contributed by atoms with E-state index in [1.165, 1.54) is 7.11 Å². The monoisotopic (exact) mass is 347 g/mol. The lowest BCUT2D eigenvalue weighted by atomic mass is 10.1. The van der Waals surface area contributed by atoms with Crippen molar-refractivity contribution < 1.29 is 24.2 Å². The number of carboxylic acid groups (broad SMARTS) is 1. The van der Waals surface area contributed by atoms with Gasteiger partial charge < -0.3 is 15.2 Å². The third kappa shape index (κ3) is 5.24. The smallest absolute Gasteiger partial charge is 0.326 e. The van der Waals surface area contributed by atoms with Crippen molar-refractivity contribution in [3.63, 3.8) is 0 Å². The highest BCUT2D eigenvalue weighted by Crippen LogP contribution is 2.06. The van der Waals surface area contributed by atoms with Crippen LogP contribution in [0.15, 0.2) is 24.3 Å². The highest BCUT2D eigenvalue weighted by atomic mass is 28.3. The van der Waals surface area contributed by atoms with Crippen molar-refractivity contribution in [3.8, 4) is 12.0 Å². The summed E-state index contributed by atoms with van der Waals surface area (Å²) in [6, 6.07) is 5.68. The first-order valence-corrected chi connectivity index (χ1v) is 10.4. The first-order valence-electron chi connectivity index (χ1n) is 7.40. The molecule has 128 valence electrons. The summed E-state index contributed by atoms with van der Waals surface area (Å²) in [7, 11) is -0.718. The van der Waals surface area contributed by atoms with Gasteiger partial charge in [0.05, 0.1) is 7.11 Å². The molecule has 0 saturated heterocycles. The van der Waals surface area contributed by atoms with Crippen LogP contribution < -0.4 is 10.5 Å². The second-order valence-electron chi connectivity index (χ2n) is 5.83. The van der Waals surface area contributed by atoms with Gasteiger partial charge in [0.25, 0.3) is 5.91 Å². The number of methoxy groups -OCH3 is 1. The van der Waals surface area contributed by atoms with Crippen molar-refractivity contribution >= 4 is 31.1 Å². The maximum Gasteiger partial charge on any atom is 0.326 e. The fourth-order valence-corrected chi connectivity index (χ4v) is 3.15. The first kappa shape index (κ1) is 19.5. The summed E-state index contributed by atoms with van der Waals surface area (Å²) in [5, 5.41) is 12.6. The third-order valence-corrected chi connectivity index (χ3v) is 6.20. The molecular formula is C17H21NO5Si. The second kappa shape index (κ2) is 8.31. The Hall–Kier alpha value is -2.59. The number of carboxylic acids is 1. The highest BCUT2D eigenvalue weighted by molar-refractivity contribution is 6.96. The predicted molar refractivity (Wildman–Crippen MR) is 92.5 cm³/mol. The molecule has 1 atom stereocenters. The summed E-state index contributed by atoms with van der Waals surface area (Å²) in [5.74, 6) is -2.25. The van der Waals surface area contributed by atoms with E-state index in [1.54, 1.807) is 24.3 Å². The van der Waals surface area contributed by atoms with Gasteiger partial charge in [-0.25, -0.2) is 4.79 Å². The van der Waals surface area contributed by atoms with Crippen molar-refractivity contribution in [2.24, 2.45) is 0 Å². The minimum Gasteiger partial charge on any atom is -0.480 e. The van der Waals surface area contributed by atoms with Crippen LogP contribution in [0, 0.1) is 12.0 Å². The number of aliphatic carboxylic acids is 1. The molecule has 0 bridgehead atoms. The number of ether oxygens (including phenoxy) is 1. The predicted octanol–water partition coefficient (Wildman–Crippen LogP) is 0.911. The third-order valence-electron chi connectivity index (χ3n) is 3.70. The van der Waals surface area contributed by atoms with Gasteiger partial charge in [0.1, 0.15) is 6.04 Å². The van der Waals surface area contributed by atoms with Crippen molar-refractivity contribution in [1.82, 2.24) is 5.32 Å². The number of hydrogen-bond donors (Lipinski definition) is 2. The van der Waals surface area contributed by atoms with Gasteiger partial charge in [-0.2, -0.15) is 0 Å². The first-order chi connectivity index (χ1) is 11.2. The van der Waals surface area contributed by atoms with Gasteiger partial charge in [0.2, 0.25) is 0 Å². The van der Waals surface area contributed by atoms with Gasteiger partial charge in [-0.3, -0.25) is 9.59 Å². The van der Waals surface area contributed by atoms with Crippen LogP contribution in [0.4, 0.5) is 0 Å². The Kier molecular flexibility index (Phi) is 6.74. The Morgan fingerprint density at radius 2 is 1.88 bits per heavy atom. The number of esters is 1. The van der Waals surface area contributed by atoms with Crippen molar-refractivity contribution in [2.75, 3.05) is 7.11 Å². The fourth-order valence-electron chi connectivity index (χ4n) is 1.98. The number of rotatable bonds is 7. The zero-order chi connectivity index (χ0) is 18.3. The van der Waals surface area contributed by atoms with Crippen LogP contribution in [0.1, 0.15) is 23.2 Å². The van der Waals surface area contributed by atoms with E-state index in [-0.39, 0.29) is 12.8 Å². The molecular weight excluding hydrogens is 326 g/mol. The molecule has 24 heavy (non-hydrogen) atoms. The average molecular weight is 347 g/mol. The number of terminal acetylenes is 1. The van der Waals surface area contributed by atoms with Crippen LogP contribution >= 0.6 is 0 Å². The summed E-state index contributed by atoms with van der Waals surface area (Å²) in [4.78, 5) is 34.5. The Morgan fingerprint density at radius 1 is 1.29 bits per heavy atom. The summed E-state index contributed by atoms with van der Waals surface area (Å²) >= 11 is 0. The van der Waals surface area contributed by atoms with E-state index in [2.05, 4.69) is 15.6 Å². The molecule has 1 aromatic carbocycles. The number of carbonyl (C=O) groups excluding carboxylic acids is 2. The summed E-state index contributed by atoms with van der Waals surface area (Å²) in [6.07, 6.45) is 5.41. The quantitative estimate of drug-likeness (QED) is 0.434. The number of amides is 1. The number of carbonyl (C=O) groups is 3. The zero-order valence-electron chi connectivity index (χ0n) is 14.0. The summed E-state index contributed by atoms with van der Waals surface area (Å²) in [6.45, 7) is 4.05. The minimum absolute atomic E-state index is 0.0388. The molecule has 1 aromatic rings. The zero-order valence-corrected chi connectivity index (χ0v) is 15.0. The van der Waals surface area contributed by atoms with Crippen LogP contribution in [0.25, 0.3) is 0 Å². The van der Waals surface area contributed by atoms with E-state index in [9.17, 15) is 14.4 Å². The van der Waals surface area contributed by atoms with Gasteiger partial charge >= 0.3 is 11.9 Å². The molecule has 0 aliphatic heterocycles. The van der Waals surface area contributed by atoms with E-state index >= 15 is 0 Å². The maximum atomic E-state index is 12.2. The van der Waals surface area contributed by atoms with Crippen LogP contribution in [-0.2, 0) is 14.3 Å². The van der Waals surface area contributed by atoms with Crippen molar-refractivity contribution in [3.05, 3.63) is 29.8 Å². The molecule has 0 unspecified atom stereocenters. The molecule has 1 rings (SSSR count). The molecule has 0 aliphatic rings. The molecule has 0 radical (unpaired) electrons. The van der Waals surface area contributed by atoms with Crippen LogP contribution in [-0.4, -0.2) is 44.2 Å². The molecule has 1 amide bonds. The molecule has 7 heteroatoms. The van der Waals surface area contributed by atoms with E-state index in [0.717, 1.165) is 5.19 Å². The molecule has 0 heterocycles. The normalized spacial score (nSPS) is 11.9. The minimum atomic E-state index is -1.94. The number of nitrogens with one attached hydrogen (secondary N) is 1. The van der Waals surface area contributed by atoms with E-state index in [0.29, 0.717) is 5.56 Å². The van der Waals surface area contributed by atoms with E-state index in [1.807, 2.05) is 13.1 Å². The average Bonchev–Trinajstić information content (AvgIpc) is 2.57. The Bertz CT molecular complexity index is 661. The molecule has 0 aliphatic carbocycles. The molecule has 0 saturated carbocycles. The molecule has 6 nitrogen and oxygen atoms in total. The lowest BCUT2D eigenvalue weighted by Crippen LogP contribution is -2.42. The highest BCUT2D eigenvalue weighted by Gasteiger charge is 2.23. The number of hydrogen-bond acceptors (Lipinski definition) is 4. The standard InChI is InChI=1S/C17H21NO5Si/c1-5-24(3,4)13-8-6-12(7-9-13)16(20)18-14(17(21)22)10-11-15(19)23-2/h1,6-9,14H,10-11H2,2-4H3,(H,18,20)(H,21,22)/t14-/m0/s1. The summed E-state index contributed by atoms with van der Waals surface area (Å²) in [5.41, 5.74) is 3.14. The molecule has 0 aromatic heterocycles. The van der Waals surface area contributed by atoms with Crippen LogP contribution in [0.3, 0.4) is 0 Å². The van der Waals surface area contributed by atoms with Crippen molar-refractivity contribution in [1.29, 1.82) is 0 Å². The van der Waals surface area contributed by atoms with Crippen LogP contribution in [0.2, 0.25) is 13.1 Å². The maximum absolute atomic E-state index is 12.2. The van der Waals surface area contributed by atoms with Gasteiger partial charge in [-0.15, -0.1) is 12.0 Å². The SMILES string of the molecule is C#C[Si](C)(C)c1ccc(C(=O)N[C@@H](CCC(=O)OC)C(=O)O)cc1. The summed E-state index contributed by atoms with van der Waals surface area (Å²) < 4.78 is 4.47. The molecule has 0 spiro atoms. The Morgan fingerprint density at radius 3 is 2.33 bits per heavy atom. The van der Waals surface area contributed by atoms with E-state index in [4.69, 9.17) is 11.5 Å². The lowest BCUT2D eigenvalue weighted by Gasteiger charge is -2.16. The second-order valence-corrected chi connectivity index (χ2v) is 9.94. The van der Waals surface area contributed by atoms with Crippen LogP contribution in [0.5, 0.6) is 0 Å². The van der Waals surface area contributed by atoms with Crippen molar-refractivity contribution in [2.45, 2.75) is 32.0 Å². The molecule has 2 N–H and O–H groups in total. The van der Waals surface area contributed by atoms with Gasteiger partial charge in [0.15, 0.2) is 8.07 Å². The Balaban J connectivity index is 2.80. The lowest BCUT2D eigenvalue weighted by molar-refractivity contribution is -0.142. The number of benzene rings is 1. The topological polar surface area (TPSA) is 92.7 Å². The fraction of sp³-hybridized carbons (Fsp3) is 0.353. The van der Waals surface area contributed by atoms with Gasteiger partial charge in [0, 0.05) is 12.0 Å². The Labute approximate surface area is 142 Å². The van der Waals surface area contributed by atoms with Gasteiger partial charge in [-0.1, -0.05) is 25.2 Å². The molecule has 0 fully saturated rings.